The number of hydrogen-bond donors (Lipinski definition) is 0. The van der Waals surface area contributed by atoms with Gasteiger partial charge in [-0.2, -0.15) is 0 Å². The molecule has 3 rings (SSSR count). The zero-order chi connectivity index (χ0) is 17.6. The number of rotatable bonds is 6. The fourth-order valence-electron chi connectivity index (χ4n) is 2.71. The molecule has 0 aromatic heterocycles. The van der Waals surface area contributed by atoms with Crippen molar-refractivity contribution in [2.75, 3.05) is 0 Å². The van der Waals surface area contributed by atoms with E-state index in [0.29, 0.717) is 0 Å². The lowest BCUT2D eigenvalue weighted by molar-refractivity contribution is 0.247. The van der Waals surface area contributed by atoms with Crippen LogP contribution in [-0.2, 0) is 19.6 Å². The number of halogens is 3. The molecule has 25 heavy (non-hydrogen) atoms. The van der Waals surface area contributed by atoms with Crippen LogP contribution in [0.1, 0.15) is 16.7 Å². The third kappa shape index (κ3) is 5.96. The number of hydrogen-bond acceptors (Lipinski definition) is 1. The summed E-state index contributed by atoms with van der Waals surface area (Å²) in [5, 5.41) is 0.774. The monoisotopic (exact) mass is 477 g/mol. The van der Waals surface area contributed by atoms with Gasteiger partial charge in [0.25, 0.3) is 0 Å². The Balaban J connectivity index is 1.77. The summed E-state index contributed by atoms with van der Waals surface area (Å²) in [4.78, 5) is 2.44. The van der Waals surface area contributed by atoms with Gasteiger partial charge in [0, 0.05) is 33.6 Å². The molecule has 0 unspecified atom stereocenters. The smallest absolute Gasteiger partial charge is 0.0406 e. The second-order valence-corrected chi connectivity index (χ2v) is 8.29. The summed E-state index contributed by atoms with van der Waals surface area (Å²) in [5.41, 5.74) is 3.86. The zero-order valence-electron chi connectivity index (χ0n) is 13.6. The van der Waals surface area contributed by atoms with Crippen molar-refractivity contribution in [3.05, 3.63) is 103 Å². The first-order chi connectivity index (χ1) is 12.1. The first-order valence-electron chi connectivity index (χ1n) is 8.04. The average molecular weight is 480 g/mol. The molecule has 1 nitrogen and oxygen atoms in total. The molecule has 0 amide bonds. The van der Waals surface area contributed by atoms with Gasteiger partial charge in [0.05, 0.1) is 0 Å². The predicted molar refractivity (Wildman–Crippen MR) is 113 cm³/mol. The van der Waals surface area contributed by atoms with E-state index in [0.717, 1.165) is 33.6 Å². The summed E-state index contributed by atoms with van der Waals surface area (Å²) >= 11 is 13.0. The molecule has 128 valence electrons. The van der Waals surface area contributed by atoms with E-state index in [1.807, 2.05) is 12.1 Å². The van der Waals surface area contributed by atoms with Crippen molar-refractivity contribution in [3.63, 3.8) is 0 Å². The first-order valence-corrected chi connectivity index (χ1v) is 10.0. The van der Waals surface area contributed by atoms with E-state index < -0.39 is 0 Å². The van der Waals surface area contributed by atoms with Crippen LogP contribution >= 0.6 is 43.5 Å². The third-order valence-electron chi connectivity index (χ3n) is 3.96. The molecule has 3 aromatic carbocycles. The lowest BCUT2D eigenvalue weighted by Crippen LogP contribution is -2.22. The van der Waals surface area contributed by atoms with Gasteiger partial charge in [0.1, 0.15) is 0 Å². The lowest BCUT2D eigenvalue weighted by Gasteiger charge is -2.23. The summed E-state index contributed by atoms with van der Waals surface area (Å²) in [6, 6.07) is 25.1. The Morgan fingerprint density at radius 3 is 1.24 bits per heavy atom. The van der Waals surface area contributed by atoms with Crippen LogP contribution < -0.4 is 0 Å². The van der Waals surface area contributed by atoms with Crippen LogP contribution in [-0.4, -0.2) is 4.90 Å². The van der Waals surface area contributed by atoms with Crippen molar-refractivity contribution in [3.8, 4) is 0 Å². The molecule has 0 bridgehead atoms. The largest absolute Gasteiger partial charge is 0.291 e. The first kappa shape index (κ1) is 18.7. The highest BCUT2D eigenvalue weighted by Gasteiger charge is 2.09. The molecule has 3 aromatic rings. The molecule has 0 aliphatic heterocycles. The predicted octanol–water partition coefficient (Wildman–Crippen LogP) is 7.07. The van der Waals surface area contributed by atoms with Crippen molar-refractivity contribution in [1.82, 2.24) is 4.90 Å². The molecule has 0 spiro atoms. The minimum atomic E-state index is 0.774. The maximum absolute atomic E-state index is 6.01. The summed E-state index contributed by atoms with van der Waals surface area (Å²) in [5.74, 6) is 0. The Kier molecular flexibility index (Phi) is 6.71. The second kappa shape index (κ2) is 9.00. The molecule has 0 aliphatic carbocycles. The lowest BCUT2D eigenvalue weighted by atomic mass is 10.1. The topological polar surface area (TPSA) is 3.24 Å². The van der Waals surface area contributed by atoms with Gasteiger partial charge < -0.3 is 0 Å². The second-order valence-electron chi connectivity index (χ2n) is 6.02. The number of nitrogens with zero attached hydrogens (tertiary/aromatic N) is 1. The van der Waals surface area contributed by atoms with Crippen molar-refractivity contribution >= 4 is 43.5 Å². The third-order valence-corrected chi connectivity index (χ3v) is 5.27. The van der Waals surface area contributed by atoms with Gasteiger partial charge in [0.2, 0.25) is 0 Å². The van der Waals surface area contributed by atoms with Gasteiger partial charge in [-0.3, -0.25) is 4.90 Å². The molecule has 0 fully saturated rings. The Morgan fingerprint density at radius 1 is 0.560 bits per heavy atom. The van der Waals surface area contributed by atoms with Gasteiger partial charge in [-0.15, -0.1) is 0 Å². The van der Waals surface area contributed by atoms with Crippen LogP contribution in [0.4, 0.5) is 0 Å². The molecule has 4 heteroatoms. The highest BCUT2D eigenvalue weighted by molar-refractivity contribution is 9.10. The minimum Gasteiger partial charge on any atom is -0.291 e. The van der Waals surface area contributed by atoms with Gasteiger partial charge in [-0.1, -0.05) is 79.9 Å². The van der Waals surface area contributed by atoms with Crippen LogP contribution in [0, 0.1) is 0 Å². The molecule has 0 saturated carbocycles. The van der Waals surface area contributed by atoms with Gasteiger partial charge >= 0.3 is 0 Å². The Morgan fingerprint density at radius 2 is 0.880 bits per heavy atom. The van der Waals surface area contributed by atoms with E-state index in [-0.39, 0.29) is 0 Å². The van der Waals surface area contributed by atoms with Crippen LogP contribution in [0.3, 0.4) is 0 Å². The molecular weight excluding hydrogens is 461 g/mol. The van der Waals surface area contributed by atoms with Gasteiger partial charge in [0.15, 0.2) is 0 Å². The van der Waals surface area contributed by atoms with E-state index in [2.05, 4.69) is 97.4 Å². The zero-order valence-corrected chi connectivity index (χ0v) is 17.6. The van der Waals surface area contributed by atoms with Crippen molar-refractivity contribution in [2.24, 2.45) is 0 Å². The molecule has 0 heterocycles. The van der Waals surface area contributed by atoms with E-state index >= 15 is 0 Å². The fraction of sp³-hybridized carbons (Fsp3) is 0.143. The maximum atomic E-state index is 6.01. The normalized spacial score (nSPS) is 11.0. The Hall–Kier alpha value is -1.13. The van der Waals surface area contributed by atoms with E-state index in [1.54, 1.807) is 0 Å². The molecular formula is C21H18Br2ClN. The van der Waals surface area contributed by atoms with Gasteiger partial charge in [-0.05, 0) is 53.1 Å². The Bertz CT molecular complexity index is 686. The molecule has 0 saturated heterocycles. The van der Waals surface area contributed by atoms with Crippen molar-refractivity contribution in [2.45, 2.75) is 19.6 Å². The van der Waals surface area contributed by atoms with Crippen molar-refractivity contribution in [1.29, 1.82) is 0 Å². The van der Waals surface area contributed by atoms with Crippen LogP contribution in [0.15, 0.2) is 81.7 Å². The van der Waals surface area contributed by atoms with E-state index in [4.69, 9.17) is 11.6 Å². The highest BCUT2D eigenvalue weighted by Crippen LogP contribution is 2.19. The summed E-state index contributed by atoms with van der Waals surface area (Å²) in [6.07, 6.45) is 0. The SMILES string of the molecule is Clc1ccc(CN(Cc2ccc(Br)cc2)Cc2ccc(Br)cc2)cc1. The standard InChI is InChI=1S/C21H18Br2ClN/c22-19-7-1-16(2-8-19)13-25(14-17-3-9-20(23)10-4-17)15-18-5-11-21(24)12-6-18/h1-12H,13-15H2. The van der Waals surface area contributed by atoms with Crippen LogP contribution in [0.25, 0.3) is 0 Å². The van der Waals surface area contributed by atoms with Crippen LogP contribution in [0.2, 0.25) is 5.02 Å². The van der Waals surface area contributed by atoms with E-state index in [9.17, 15) is 0 Å². The highest BCUT2D eigenvalue weighted by atomic mass is 79.9. The quantitative estimate of drug-likeness (QED) is 0.366. The molecule has 0 aliphatic rings. The number of benzene rings is 3. The van der Waals surface area contributed by atoms with Crippen molar-refractivity contribution < 1.29 is 0 Å². The summed E-state index contributed by atoms with van der Waals surface area (Å²) < 4.78 is 2.21. The Labute approximate surface area is 170 Å². The average Bonchev–Trinajstić information content (AvgIpc) is 2.61. The minimum absolute atomic E-state index is 0.774. The fourth-order valence-corrected chi connectivity index (χ4v) is 3.37. The molecule has 0 radical (unpaired) electrons. The molecule has 0 atom stereocenters. The van der Waals surface area contributed by atoms with Crippen LogP contribution in [0.5, 0.6) is 0 Å². The summed E-state index contributed by atoms with van der Waals surface area (Å²) in [7, 11) is 0. The summed E-state index contributed by atoms with van der Waals surface area (Å²) in [6.45, 7) is 2.67. The van der Waals surface area contributed by atoms with E-state index in [1.165, 1.54) is 16.7 Å². The van der Waals surface area contributed by atoms with Gasteiger partial charge in [-0.25, -0.2) is 0 Å². The maximum Gasteiger partial charge on any atom is 0.0406 e. The molecule has 0 N–H and O–H groups in total.